The van der Waals surface area contributed by atoms with E-state index in [9.17, 15) is 13.2 Å². The molecule has 0 radical (unpaired) electrons. The summed E-state index contributed by atoms with van der Waals surface area (Å²) in [5, 5.41) is 14.6. The lowest BCUT2D eigenvalue weighted by Crippen LogP contribution is -2.38. The van der Waals surface area contributed by atoms with E-state index in [1.54, 1.807) is 25.3 Å². The van der Waals surface area contributed by atoms with Gasteiger partial charge in [0.1, 0.15) is 12.4 Å². The van der Waals surface area contributed by atoms with Crippen LogP contribution in [0.15, 0.2) is 29.3 Å². The normalized spacial score (nSPS) is 11.9. The highest BCUT2D eigenvalue weighted by atomic mass is 127. The Hall–Kier alpha value is -1.93. The Bertz CT molecular complexity index is 845. The van der Waals surface area contributed by atoms with Crippen LogP contribution >= 0.6 is 24.0 Å². The van der Waals surface area contributed by atoms with Gasteiger partial charge in [-0.2, -0.15) is 13.2 Å². The van der Waals surface area contributed by atoms with Gasteiger partial charge in [-0.3, -0.25) is 0 Å². The van der Waals surface area contributed by atoms with Crippen LogP contribution in [0.25, 0.3) is 0 Å². The smallest absolute Gasteiger partial charge is 0.385 e. The Morgan fingerprint density at radius 3 is 2.59 bits per heavy atom. The van der Waals surface area contributed by atoms with E-state index in [-0.39, 0.29) is 30.6 Å². The predicted octanol–water partition coefficient (Wildman–Crippen LogP) is 3.09. The van der Waals surface area contributed by atoms with Gasteiger partial charge in [0.2, 0.25) is 0 Å². The molecule has 0 atom stereocenters. The van der Waals surface area contributed by atoms with Crippen molar-refractivity contribution < 1.29 is 22.6 Å². The number of hydrogen-bond donors (Lipinski definition) is 2. The molecule has 8 nitrogen and oxygen atoms in total. The van der Waals surface area contributed by atoms with E-state index in [4.69, 9.17) is 9.47 Å². The van der Waals surface area contributed by atoms with E-state index >= 15 is 0 Å². The summed E-state index contributed by atoms with van der Waals surface area (Å²) in [4.78, 5) is 4.58. The molecular weight excluding hydrogens is 540 g/mol. The number of rotatable bonds is 11. The number of benzene rings is 1. The number of alkyl halides is 3. The van der Waals surface area contributed by atoms with Crippen molar-refractivity contribution in [3.05, 3.63) is 47.0 Å². The molecule has 2 rings (SSSR count). The van der Waals surface area contributed by atoms with Crippen LogP contribution < -0.4 is 10.6 Å². The van der Waals surface area contributed by atoms with Gasteiger partial charge in [-0.05, 0) is 24.5 Å². The Morgan fingerprint density at radius 1 is 1.19 bits per heavy atom. The van der Waals surface area contributed by atoms with Crippen molar-refractivity contribution in [3.8, 4) is 0 Å². The largest absolute Gasteiger partial charge is 0.411 e. The lowest BCUT2D eigenvalue weighted by atomic mass is 10.1. The fourth-order valence-corrected chi connectivity index (χ4v) is 2.64. The van der Waals surface area contributed by atoms with Crippen LogP contribution in [0.3, 0.4) is 0 Å². The molecule has 1 aromatic heterocycles. The molecule has 0 unspecified atom stereocenters. The number of nitrogens with one attached hydrogen (secondary N) is 2. The van der Waals surface area contributed by atoms with Crippen LogP contribution in [0.4, 0.5) is 13.2 Å². The number of aromatic nitrogens is 3. The summed E-state index contributed by atoms with van der Waals surface area (Å²) in [6.07, 6.45) is -3.52. The Labute approximate surface area is 203 Å². The van der Waals surface area contributed by atoms with E-state index in [1.165, 1.54) is 0 Å². The molecule has 1 aromatic carbocycles. The Kier molecular flexibility index (Phi) is 12.5. The third-order valence-electron chi connectivity index (χ3n) is 4.36. The molecule has 0 bridgehead atoms. The van der Waals surface area contributed by atoms with Gasteiger partial charge in [-0.15, -0.1) is 34.2 Å². The van der Waals surface area contributed by atoms with Crippen molar-refractivity contribution in [2.75, 3.05) is 26.9 Å². The quantitative estimate of drug-likeness (QED) is 0.187. The lowest BCUT2D eigenvalue weighted by Gasteiger charge is -2.13. The summed E-state index contributed by atoms with van der Waals surface area (Å²) in [7, 11) is 3.54. The second-order valence-corrected chi connectivity index (χ2v) is 6.94. The minimum Gasteiger partial charge on any atom is -0.385 e. The molecule has 2 aromatic rings. The number of halogens is 4. The van der Waals surface area contributed by atoms with Crippen molar-refractivity contribution in [2.24, 2.45) is 12.0 Å². The SMILES string of the molecule is COCCCNC(=NCc1cccc(COCC(F)(F)F)c1)NCc1nnc(C)n1C.I. The molecule has 32 heavy (non-hydrogen) atoms. The first-order valence-corrected chi connectivity index (χ1v) is 9.87. The van der Waals surface area contributed by atoms with Gasteiger partial charge in [-0.25, -0.2) is 4.99 Å². The summed E-state index contributed by atoms with van der Waals surface area (Å²) < 4.78 is 48.4. The third-order valence-corrected chi connectivity index (χ3v) is 4.36. The molecule has 180 valence electrons. The van der Waals surface area contributed by atoms with Gasteiger partial charge >= 0.3 is 6.18 Å². The number of aliphatic imine (C=N–C) groups is 1. The average molecular weight is 570 g/mol. The topological polar surface area (TPSA) is 85.6 Å². The highest BCUT2D eigenvalue weighted by Gasteiger charge is 2.27. The van der Waals surface area contributed by atoms with Gasteiger partial charge in [-0.1, -0.05) is 24.3 Å². The first-order chi connectivity index (χ1) is 14.8. The summed E-state index contributed by atoms with van der Waals surface area (Å²) in [5.41, 5.74) is 1.52. The van der Waals surface area contributed by atoms with Crippen LogP contribution in [0.2, 0.25) is 0 Å². The molecule has 2 N–H and O–H groups in total. The van der Waals surface area contributed by atoms with Gasteiger partial charge in [0, 0.05) is 27.3 Å². The average Bonchev–Trinajstić information content (AvgIpc) is 3.04. The highest BCUT2D eigenvalue weighted by Crippen LogP contribution is 2.16. The van der Waals surface area contributed by atoms with Gasteiger partial charge in [0.15, 0.2) is 11.8 Å². The maximum atomic E-state index is 12.2. The first kappa shape index (κ1) is 28.1. The molecule has 0 saturated heterocycles. The van der Waals surface area contributed by atoms with E-state index in [1.807, 2.05) is 24.6 Å². The van der Waals surface area contributed by atoms with Crippen molar-refractivity contribution in [1.29, 1.82) is 0 Å². The minimum absolute atomic E-state index is 0. The Morgan fingerprint density at radius 2 is 1.94 bits per heavy atom. The molecule has 0 saturated carbocycles. The van der Waals surface area contributed by atoms with E-state index < -0.39 is 12.8 Å². The summed E-state index contributed by atoms with van der Waals surface area (Å²) in [6.45, 7) is 2.59. The molecule has 0 amide bonds. The third kappa shape index (κ3) is 10.6. The minimum atomic E-state index is -4.34. The first-order valence-electron chi connectivity index (χ1n) is 9.87. The standard InChI is InChI=1S/C20H29F3N6O2.HI/c1-15-27-28-18(29(15)2)12-26-19(24-8-5-9-30-3)25-11-16-6-4-7-17(10-16)13-31-14-20(21,22)23;/h4,6-7,10H,5,8-9,11-14H2,1-3H3,(H2,24,25,26);1H. The zero-order chi connectivity index (χ0) is 22.7. The summed E-state index contributed by atoms with van der Waals surface area (Å²) >= 11 is 0. The number of ether oxygens (including phenoxy) is 2. The van der Waals surface area contributed by atoms with E-state index in [0.717, 1.165) is 23.6 Å². The van der Waals surface area contributed by atoms with Crippen molar-refractivity contribution in [3.63, 3.8) is 0 Å². The number of methoxy groups -OCH3 is 1. The Balaban J connectivity index is 0.00000512. The van der Waals surface area contributed by atoms with E-state index in [2.05, 4.69) is 25.8 Å². The van der Waals surface area contributed by atoms with Gasteiger partial charge in [0.05, 0.1) is 19.7 Å². The van der Waals surface area contributed by atoms with E-state index in [0.29, 0.717) is 37.8 Å². The molecule has 0 spiro atoms. The highest BCUT2D eigenvalue weighted by molar-refractivity contribution is 14.0. The van der Waals surface area contributed by atoms with Crippen molar-refractivity contribution in [2.45, 2.75) is 39.2 Å². The van der Waals surface area contributed by atoms with Crippen molar-refractivity contribution >= 4 is 29.9 Å². The summed E-state index contributed by atoms with van der Waals surface area (Å²) in [5.74, 6) is 2.18. The summed E-state index contributed by atoms with van der Waals surface area (Å²) in [6, 6.07) is 7.15. The number of aryl methyl sites for hydroxylation is 1. The predicted molar refractivity (Wildman–Crippen MR) is 126 cm³/mol. The maximum Gasteiger partial charge on any atom is 0.411 e. The lowest BCUT2D eigenvalue weighted by molar-refractivity contribution is -0.176. The second-order valence-electron chi connectivity index (χ2n) is 6.94. The van der Waals surface area contributed by atoms with Crippen LogP contribution in [-0.2, 0) is 36.2 Å². The van der Waals surface area contributed by atoms with Gasteiger partial charge < -0.3 is 24.7 Å². The van der Waals surface area contributed by atoms with Crippen LogP contribution in [0.1, 0.15) is 29.2 Å². The molecule has 0 aliphatic heterocycles. The fourth-order valence-electron chi connectivity index (χ4n) is 2.64. The van der Waals surface area contributed by atoms with Crippen LogP contribution in [-0.4, -0.2) is 53.8 Å². The zero-order valence-corrected chi connectivity index (χ0v) is 20.7. The van der Waals surface area contributed by atoms with Crippen molar-refractivity contribution in [1.82, 2.24) is 25.4 Å². The monoisotopic (exact) mass is 570 g/mol. The fraction of sp³-hybridized carbons (Fsp3) is 0.550. The zero-order valence-electron chi connectivity index (χ0n) is 18.4. The number of hydrogen-bond acceptors (Lipinski definition) is 5. The molecule has 1 heterocycles. The van der Waals surface area contributed by atoms with Gasteiger partial charge in [0.25, 0.3) is 0 Å². The van der Waals surface area contributed by atoms with Crippen LogP contribution in [0, 0.1) is 6.92 Å². The maximum absolute atomic E-state index is 12.2. The molecule has 0 aliphatic carbocycles. The second kappa shape index (κ2) is 14.3. The number of guanidine groups is 1. The molecule has 12 heteroatoms. The van der Waals surface area contributed by atoms with Crippen LogP contribution in [0.5, 0.6) is 0 Å². The number of nitrogens with zero attached hydrogens (tertiary/aromatic N) is 4. The molecular formula is C20H30F3IN6O2. The molecule has 0 fully saturated rings. The molecule has 0 aliphatic rings.